The highest BCUT2D eigenvalue weighted by Crippen LogP contribution is 2.37. The molecular weight excluding hydrogens is 297 g/mol. The summed E-state index contributed by atoms with van der Waals surface area (Å²) in [5.74, 6) is 1.65. The van der Waals surface area contributed by atoms with Gasteiger partial charge in [0.1, 0.15) is 11.6 Å². The van der Waals surface area contributed by atoms with Crippen LogP contribution in [0.2, 0.25) is 0 Å². The summed E-state index contributed by atoms with van der Waals surface area (Å²) in [6.07, 6.45) is 0.779. The largest absolute Gasteiger partial charge is 0.454 e. The second kappa shape index (κ2) is 5.55. The van der Waals surface area contributed by atoms with Gasteiger partial charge in [-0.15, -0.1) is 0 Å². The van der Waals surface area contributed by atoms with E-state index in [1.54, 1.807) is 18.2 Å². The second-order valence-corrected chi connectivity index (χ2v) is 5.40. The average Bonchev–Trinajstić information content (AvgIpc) is 3.14. The summed E-state index contributed by atoms with van der Waals surface area (Å²) >= 11 is 0. The molecule has 0 bridgehead atoms. The molecule has 6 heteroatoms. The number of imidazole rings is 1. The van der Waals surface area contributed by atoms with Crippen molar-refractivity contribution in [1.29, 1.82) is 0 Å². The van der Waals surface area contributed by atoms with Gasteiger partial charge in [0.2, 0.25) is 6.79 Å². The van der Waals surface area contributed by atoms with E-state index in [0.717, 1.165) is 17.5 Å². The molecule has 5 nitrogen and oxygen atoms in total. The molecule has 0 atom stereocenters. The molecule has 0 unspecified atom stereocenters. The first-order valence-electron chi connectivity index (χ1n) is 7.53. The van der Waals surface area contributed by atoms with E-state index in [1.807, 2.05) is 16.7 Å². The minimum absolute atomic E-state index is 0.213. The smallest absolute Gasteiger partial charge is 0.231 e. The Morgan fingerprint density at radius 2 is 1.96 bits per heavy atom. The minimum Gasteiger partial charge on any atom is -0.454 e. The van der Waals surface area contributed by atoms with E-state index in [1.165, 1.54) is 6.07 Å². The maximum absolute atomic E-state index is 14.2. The molecule has 0 spiro atoms. The summed E-state index contributed by atoms with van der Waals surface area (Å²) in [6.45, 7) is 1.43. The van der Waals surface area contributed by atoms with E-state index >= 15 is 0 Å². The first-order valence-corrected chi connectivity index (χ1v) is 7.53. The lowest BCUT2D eigenvalue weighted by atomic mass is 10.2. The highest BCUT2D eigenvalue weighted by molar-refractivity contribution is 5.84. The molecule has 1 aliphatic rings. The van der Waals surface area contributed by atoms with Crippen molar-refractivity contribution >= 4 is 11.0 Å². The number of hydrogen-bond acceptors (Lipinski definition) is 4. The van der Waals surface area contributed by atoms with Gasteiger partial charge in [-0.2, -0.15) is 0 Å². The van der Waals surface area contributed by atoms with Gasteiger partial charge in [0.05, 0.1) is 16.6 Å². The zero-order chi connectivity index (χ0) is 15.8. The standard InChI is InChI=1S/C17H16FN3O2/c18-12-5-2-1-4-11(12)17-20-13-8-15-16(23-10-22-15)9-14(13)21(17)7-3-6-19/h1-2,4-5,8-9H,3,6-7,10,19H2. The summed E-state index contributed by atoms with van der Waals surface area (Å²) in [7, 11) is 0. The Hall–Kier alpha value is -2.60. The average molecular weight is 313 g/mol. The molecular formula is C17H16FN3O2. The van der Waals surface area contributed by atoms with Crippen molar-refractivity contribution < 1.29 is 13.9 Å². The second-order valence-electron chi connectivity index (χ2n) is 5.40. The molecule has 0 amide bonds. The molecule has 2 heterocycles. The van der Waals surface area contributed by atoms with Crippen molar-refractivity contribution in [1.82, 2.24) is 9.55 Å². The van der Waals surface area contributed by atoms with Crippen LogP contribution in [0.5, 0.6) is 11.5 Å². The van der Waals surface area contributed by atoms with Crippen LogP contribution in [0.4, 0.5) is 4.39 Å². The molecule has 23 heavy (non-hydrogen) atoms. The molecule has 118 valence electrons. The Morgan fingerprint density at radius 1 is 1.17 bits per heavy atom. The fourth-order valence-corrected chi connectivity index (χ4v) is 2.84. The molecule has 2 N–H and O–H groups in total. The van der Waals surface area contributed by atoms with Gasteiger partial charge in [0.15, 0.2) is 11.5 Å². The Bertz CT molecular complexity index is 876. The van der Waals surface area contributed by atoms with Crippen LogP contribution in [0, 0.1) is 5.82 Å². The molecule has 0 radical (unpaired) electrons. The van der Waals surface area contributed by atoms with E-state index in [4.69, 9.17) is 15.2 Å². The summed E-state index contributed by atoms with van der Waals surface area (Å²) in [5.41, 5.74) is 7.76. The van der Waals surface area contributed by atoms with E-state index < -0.39 is 0 Å². The van der Waals surface area contributed by atoms with Crippen LogP contribution < -0.4 is 15.2 Å². The number of halogens is 1. The molecule has 1 aliphatic heterocycles. The third kappa shape index (κ3) is 2.31. The zero-order valence-electron chi connectivity index (χ0n) is 12.5. The van der Waals surface area contributed by atoms with Crippen LogP contribution in [0.1, 0.15) is 6.42 Å². The first kappa shape index (κ1) is 14.0. The number of rotatable bonds is 4. The number of aromatic nitrogens is 2. The number of hydrogen-bond donors (Lipinski definition) is 1. The summed E-state index contributed by atoms with van der Waals surface area (Å²) < 4.78 is 27.0. The van der Waals surface area contributed by atoms with E-state index in [0.29, 0.717) is 36.0 Å². The molecule has 2 aromatic carbocycles. The fourth-order valence-electron chi connectivity index (χ4n) is 2.84. The van der Waals surface area contributed by atoms with Gasteiger partial charge in [-0.25, -0.2) is 9.37 Å². The van der Waals surface area contributed by atoms with Gasteiger partial charge < -0.3 is 19.8 Å². The SMILES string of the molecule is NCCCn1c(-c2ccccc2F)nc2cc3c(cc21)OCO3. The lowest BCUT2D eigenvalue weighted by Gasteiger charge is -2.09. The molecule has 0 fully saturated rings. The Morgan fingerprint density at radius 3 is 2.74 bits per heavy atom. The predicted octanol–water partition coefficient (Wildman–Crippen LogP) is 2.92. The molecule has 3 aromatic rings. The number of nitrogens with zero attached hydrogens (tertiary/aromatic N) is 2. The number of nitrogens with two attached hydrogens (primary N) is 1. The highest BCUT2D eigenvalue weighted by Gasteiger charge is 2.20. The topological polar surface area (TPSA) is 62.3 Å². The van der Waals surface area contributed by atoms with Gasteiger partial charge in [-0.1, -0.05) is 12.1 Å². The first-order chi connectivity index (χ1) is 11.3. The third-order valence-corrected chi connectivity index (χ3v) is 3.94. The van der Waals surface area contributed by atoms with Crippen LogP contribution in [0.15, 0.2) is 36.4 Å². The van der Waals surface area contributed by atoms with Crippen LogP contribution in [0.3, 0.4) is 0 Å². The Labute approximate surface area is 132 Å². The van der Waals surface area contributed by atoms with Crippen molar-refractivity contribution in [2.75, 3.05) is 13.3 Å². The Balaban J connectivity index is 1.94. The van der Waals surface area contributed by atoms with Crippen LogP contribution in [0.25, 0.3) is 22.4 Å². The van der Waals surface area contributed by atoms with E-state index in [-0.39, 0.29) is 12.6 Å². The van der Waals surface area contributed by atoms with Crippen LogP contribution >= 0.6 is 0 Å². The summed E-state index contributed by atoms with van der Waals surface area (Å²) in [4.78, 5) is 4.62. The zero-order valence-corrected chi connectivity index (χ0v) is 12.5. The van der Waals surface area contributed by atoms with Crippen LogP contribution in [-0.4, -0.2) is 22.9 Å². The Kier molecular flexibility index (Phi) is 3.38. The van der Waals surface area contributed by atoms with Crippen molar-refractivity contribution in [2.45, 2.75) is 13.0 Å². The number of ether oxygens (including phenoxy) is 2. The fraction of sp³-hybridized carbons (Fsp3) is 0.235. The number of benzene rings is 2. The monoisotopic (exact) mass is 313 g/mol. The van der Waals surface area contributed by atoms with Gasteiger partial charge in [-0.3, -0.25) is 0 Å². The highest BCUT2D eigenvalue weighted by atomic mass is 19.1. The molecule has 0 saturated carbocycles. The summed E-state index contributed by atoms with van der Waals surface area (Å²) in [6, 6.07) is 10.4. The maximum Gasteiger partial charge on any atom is 0.231 e. The van der Waals surface area contributed by atoms with Crippen molar-refractivity contribution in [3.8, 4) is 22.9 Å². The van der Waals surface area contributed by atoms with Gasteiger partial charge in [-0.05, 0) is 25.1 Å². The van der Waals surface area contributed by atoms with Gasteiger partial charge in [0, 0.05) is 18.7 Å². The van der Waals surface area contributed by atoms with Crippen molar-refractivity contribution in [2.24, 2.45) is 5.73 Å². The van der Waals surface area contributed by atoms with Gasteiger partial charge in [0.25, 0.3) is 0 Å². The quantitative estimate of drug-likeness (QED) is 0.804. The van der Waals surface area contributed by atoms with E-state index in [9.17, 15) is 4.39 Å². The lowest BCUT2D eigenvalue weighted by Crippen LogP contribution is -2.07. The molecule has 0 saturated heterocycles. The molecule has 1 aromatic heterocycles. The number of fused-ring (bicyclic) bond motifs is 2. The van der Waals surface area contributed by atoms with Crippen molar-refractivity contribution in [3.63, 3.8) is 0 Å². The lowest BCUT2D eigenvalue weighted by molar-refractivity contribution is 0.174. The molecule has 0 aliphatic carbocycles. The summed E-state index contributed by atoms with van der Waals surface area (Å²) in [5, 5.41) is 0. The number of aryl methyl sites for hydroxylation is 1. The van der Waals surface area contributed by atoms with Crippen molar-refractivity contribution in [3.05, 3.63) is 42.2 Å². The third-order valence-electron chi connectivity index (χ3n) is 3.94. The minimum atomic E-state index is -0.295. The normalized spacial score (nSPS) is 13.0. The van der Waals surface area contributed by atoms with E-state index in [2.05, 4.69) is 4.98 Å². The maximum atomic E-state index is 14.2. The van der Waals surface area contributed by atoms with Gasteiger partial charge >= 0.3 is 0 Å². The van der Waals surface area contributed by atoms with Crippen LogP contribution in [-0.2, 0) is 6.54 Å². The predicted molar refractivity (Wildman–Crippen MR) is 84.9 cm³/mol. The molecule has 4 rings (SSSR count).